The fraction of sp³-hybridized carbons (Fsp3) is 0.778. The molecule has 0 radical (unpaired) electrons. The summed E-state index contributed by atoms with van der Waals surface area (Å²) in [4.78, 5) is 0. The first-order valence-electron chi connectivity index (χ1n) is 21.4. The van der Waals surface area contributed by atoms with Gasteiger partial charge in [0.2, 0.25) is 0 Å². The van der Waals surface area contributed by atoms with E-state index in [-0.39, 0.29) is 0 Å². The van der Waals surface area contributed by atoms with Gasteiger partial charge in [-0.3, -0.25) is 3.96 Å². The number of fused-ring (bicyclic) bond motifs is 1. The summed E-state index contributed by atoms with van der Waals surface area (Å²) in [7, 11) is 1.81. The zero-order chi connectivity index (χ0) is 39.8. The molecule has 1 aliphatic heterocycles. The number of benzene rings is 1. The van der Waals surface area contributed by atoms with Gasteiger partial charge in [0.25, 0.3) is 0 Å². The molecule has 2 fully saturated rings. The number of nitrogens with one attached hydrogen (secondary N) is 3. The summed E-state index contributed by atoms with van der Waals surface area (Å²) in [6.07, 6.45) is 16.3. The monoisotopic (exact) mass is 723 g/mol. The maximum absolute atomic E-state index is 4.31. The third-order valence-corrected chi connectivity index (χ3v) is 9.16. The summed E-state index contributed by atoms with van der Waals surface area (Å²) in [6, 6.07) is 7.54. The van der Waals surface area contributed by atoms with Gasteiger partial charge in [0.15, 0.2) is 0 Å². The van der Waals surface area contributed by atoms with Crippen LogP contribution in [0.1, 0.15) is 193 Å². The van der Waals surface area contributed by atoms with Gasteiger partial charge in [-0.2, -0.15) is 0 Å². The molecule has 0 spiro atoms. The van der Waals surface area contributed by atoms with Crippen LogP contribution in [0, 0.1) is 11.8 Å². The van der Waals surface area contributed by atoms with Crippen LogP contribution in [0.5, 0.6) is 0 Å². The average Bonchev–Trinajstić information content (AvgIpc) is 3.19. The minimum absolute atomic E-state index is 0.606. The highest BCUT2D eigenvalue weighted by molar-refractivity contribution is 7.16. The molecule has 2 heterocycles. The van der Waals surface area contributed by atoms with Crippen molar-refractivity contribution in [3.63, 3.8) is 0 Å². The fourth-order valence-electron chi connectivity index (χ4n) is 5.41. The SMILES string of the molecule is C=C(CCn1sc2cc(C(C)C)ccc21)NC(CC)C1CCCCC1.C=CNC.CC.CC.CC.CC.CC.CCC.CCC1CCNCC1. The summed E-state index contributed by atoms with van der Waals surface area (Å²) in [5.74, 6) is 2.48. The lowest BCUT2D eigenvalue weighted by Gasteiger charge is -2.31. The molecule has 1 aromatic heterocycles. The Morgan fingerprint density at radius 2 is 1.38 bits per heavy atom. The fourth-order valence-corrected chi connectivity index (χ4v) is 6.42. The zero-order valence-electron chi connectivity index (χ0n) is 37.3. The average molecular weight is 723 g/mol. The van der Waals surface area contributed by atoms with Gasteiger partial charge in [-0.1, -0.05) is 174 Å². The van der Waals surface area contributed by atoms with Gasteiger partial charge in [-0.25, -0.2) is 0 Å². The number of allylic oxidation sites excluding steroid dienone is 1. The molecule has 2 aliphatic rings. The van der Waals surface area contributed by atoms with E-state index in [1.807, 2.05) is 87.8 Å². The van der Waals surface area contributed by atoms with Crippen LogP contribution in [0.3, 0.4) is 0 Å². The van der Waals surface area contributed by atoms with E-state index in [9.17, 15) is 0 Å². The molecule has 5 heteroatoms. The van der Waals surface area contributed by atoms with Crippen LogP contribution in [0.15, 0.2) is 43.3 Å². The predicted octanol–water partition coefficient (Wildman–Crippen LogP) is 15.0. The second-order valence-electron chi connectivity index (χ2n) is 11.8. The van der Waals surface area contributed by atoms with Crippen molar-refractivity contribution in [2.45, 2.75) is 200 Å². The summed E-state index contributed by atoms with van der Waals surface area (Å²) in [6.45, 7) is 44.6. The lowest BCUT2D eigenvalue weighted by atomic mass is 9.83. The number of piperidine rings is 1. The van der Waals surface area contributed by atoms with Crippen molar-refractivity contribution in [3.8, 4) is 0 Å². The maximum atomic E-state index is 4.31. The van der Waals surface area contributed by atoms with E-state index in [2.05, 4.69) is 92.8 Å². The molecule has 1 unspecified atom stereocenters. The molecule has 4 rings (SSSR count). The number of hydrogen-bond acceptors (Lipinski definition) is 4. The van der Waals surface area contributed by atoms with E-state index in [4.69, 9.17) is 0 Å². The van der Waals surface area contributed by atoms with Crippen molar-refractivity contribution >= 4 is 21.7 Å². The molecule has 1 aromatic carbocycles. The van der Waals surface area contributed by atoms with Gasteiger partial charge in [0.1, 0.15) is 0 Å². The minimum Gasteiger partial charge on any atom is -0.394 e. The molecule has 3 N–H and O–H groups in total. The van der Waals surface area contributed by atoms with Crippen LogP contribution in [-0.4, -0.2) is 30.1 Å². The molecule has 1 saturated carbocycles. The van der Waals surface area contributed by atoms with Crippen LogP contribution >= 0.6 is 11.5 Å². The van der Waals surface area contributed by atoms with Gasteiger partial charge in [-0.15, -0.1) is 0 Å². The minimum atomic E-state index is 0.606. The lowest BCUT2D eigenvalue weighted by molar-refractivity contribution is 0.273. The Morgan fingerprint density at radius 3 is 1.76 bits per heavy atom. The number of aromatic nitrogens is 1. The number of rotatable bonds is 10. The second kappa shape index (κ2) is 45.3. The normalized spacial score (nSPS) is 13.8. The van der Waals surface area contributed by atoms with Crippen LogP contribution in [0.4, 0.5) is 0 Å². The Kier molecular flexibility index (Phi) is 52.2. The molecule has 50 heavy (non-hydrogen) atoms. The van der Waals surface area contributed by atoms with E-state index < -0.39 is 0 Å². The summed E-state index contributed by atoms with van der Waals surface area (Å²) in [5, 5.41) is 9.80. The van der Waals surface area contributed by atoms with Crippen molar-refractivity contribution in [3.05, 3.63) is 48.8 Å². The van der Waals surface area contributed by atoms with Crippen molar-refractivity contribution in [2.24, 2.45) is 11.8 Å². The van der Waals surface area contributed by atoms with E-state index in [1.165, 1.54) is 98.8 Å². The summed E-state index contributed by atoms with van der Waals surface area (Å²) in [5.41, 5.74) is 4.04. The molecule has 1 aliphatic carbocycles. The van der Waals surface area contributed by atoms with Crippen molar-refractivity contribution < 1.29 is 0 Å². The topological polar surface area (TPSA) is 41.0 Å². The Hall–Kier alpha value is -1.72. The highest BCUT2D eigenvalue weighted by Crippen LogP contribution is 2.31. The van der Waals surface area contributed by atoms with Crippen LogP contribution in [0.2, 0.25) is 0 Å². The van der Waals surface area contributed by atoms with E-state index in [1.54, 1.807) is 6.20 Å². The first kappa shape index (κ1) is 57.6. The first-order valence-corrected chi connectivity index (χ1v) is 22.1. The van der Waals surface area contributed by atoms with E-state index in [0.29, 0.717) is 12.0 Å². The Morgan fingerprint density at radius 1 is 0.880 bits per heavy atom. The van der Waals surface area contributed by atoms with E-state index in [0.717, 1.165) is 24.8 Å². The largest absolute Gasteiger partial charge is 0.394 e. The summed E-state index contributed by atoms with van der Waals surface area (Å²) >= 11 is 1.89. The predicted molar refractivity (Wildman–Crippen MR) is 239 cm³/mol. The molecule has 300 valence electrons. The highest BCUT2D eigenvalue weighted by atomic mass is 32.1. The number of aryl methyl sites for hydroxylation is 1. The molecule has 4 nitrogen and oxygen atoms in total. The van der Waals surface area contributed by atoms with Gasteiger partial charge in [0, 0.05) is 31.8 Å². The first-order chi connectivity index (χ1) is 24.3. The molecule has 0 bridgehead atoms. The lowest BCUT2D eigenvalue weighted by Crippen LogP contribution is -2.36. The Balaban J connectivity index is -0.000000222. The van der Waals surface area contributed by atoms with Crippen LogP contribution in [0.25, 0.3) is 10.2 Å². The van der Waals surface area contributed by atoms with Gasteiger partial charge < -0.3 is 16.0 Å². The molecule has 2 aromatic rings. The summed E-state index contributed by atoms with van der Waals surface area (Å²) < 4.78 is 3.84. The molecule has 1 atom stereocenters. The van der Waals surface area contributed by atoms with Crippen molar-refractivity contribution in [1.82, 2.24) is 19.9 Å². The van der Waals surface area contributed by atoms with Crippen LogP contribution in [-0.2, 0) is 6.54 Å². The van der Waals surface area contributed by atoms with Gasteiger partial charge in [-0.05, 0) is 86.8 Å². The maximum Gasteiger partial charge on any atom is 0.0695 e. The Labute approximate surface area is 321 Å². The second-order valence-corrected chi connectivity index (χ2v) is 12.9. The smallest absolute Gasteiger partial charge is 0.0695 e. The van der Waals surface area contributed by atoms with Crippen molar-refractivity contribution in [1.29, 1.82) is 0 Å². The molecular weight excluding hydrogens is 629 g/mol. The van der Waals surface area contributed by atoms with Crippen molar-refractivity contribution in [2.75, 3.05) is 20.1 Å². The third kappa shape index (κ3) is 28.9. The highest BCUT2D eigenvalue weighted by Gasteiger charge is 2.22. The number of nitrogens with zero attached hydrogens (tertiary/aromatic N) is 1. The van der Waals surface area contributed by atoms with Gasteiger partial charge in [0.05, 0.1) is 10.2 Å². The standard InChI is InChI=1S/C22H34N2S.C7H15N.C3H7N.C3H8.5C2H6/c1-5-20(18-9-7-6-8-10-18)23-17(4)13-14-24-21-12-11-19(16(2)3)15-22(21)25-24;1-2-7-3-5-8-6-4-7;1-3-4-2;1-3-2;5*1-2/h11-12,15-16,18,20,23H,4-10,13-14H2,1-3H3;7-8H,2-6H2,1H3;3-4H,1H2,2H3;3H2,1-2H3;5*1-2H3. The number of hydrogen-bond donors (Lipinski definition) is 3. The quantitative estimate of drug-likeness (QED) is 0.229. The van der Waals surface area contributed by atoms with Crippen LogP contribution < -0.4 is 16.0 Å². The zero-order valence-corrected chi connectivity index (χ0v) is 38.1. The molecule has 1 saturated heterocycles. The third-order valence-electron chi connectivity index (χ3n) is 8.03. The molecular formula is C45H94N4S. The van der Waals surface area contributed by atoms with E-state index >= 15 is 0 Å². The molecule has 0 amide bonds. The Bertz CT molecular complexity index is 901. The van der Waals surface area contributed by atoms with Gasteiger partial charge >= 0.3 is 0 Å².